The van der Waals surface area contributed by atoms with Crippen molar-refractivity contribution in [2.24, 2.45) is 17.6 Å². The second kappa shape index (κ2) is 4.71. The van der Waals surface area contributed by atoms with Crippen molar-refractivity contribution in [3.8, 4) is 0 Å². The molecule has 5 heteroatoms. The van der Waals surface area contributed by atoms with Crippen LogP contribution in [0.1, 0.15) is 24.8 Å². The van der Waals surface area contributed by atoms with E-state index in [1.807, 2.05) is 4.90 Å². The van der Waals surface area contributed by atoms with Crippen LogP contribution < -0.4 is 10.6 Å². The van der Waals surface area contributed by atoms with Crippen LogP contribution in [0.15, 0.2) is 12.1 Å². The molecule has 2 atom stereocenters. The van der Waals surface area contributed by atoms with Gasteiger partial charge in [0.1, 0.15) is 4.99 Å². The summed E-state index contributed by atoms with van der Waals surface area (Å²) in [4.78, 5) is 1.84. The molecule has 2 N–H and O–H groups in total. The summed E-state index contributed by atoms with van der Waals surface area (Å²) in [6, 6.07) is 3.07. The first-order valence-electron chi connectivity index (χ1n) is 6.60. The molecular formula is C14H16F2N2S. The number of hydrogen-bond donors (Lipinski definition) is 1. The Labute approximate surface area is 116 Å². The van der Waals surface area contributed by atoms with E-state index in [9.17, 15) is 8.78 Å². The molecule has 1 aliphatic carbocycles. The van der Waals surface area contributed by atoms with E-state index < -0.39 is 11.6 Å². The van der Waals surface area contributed by atoms with Crippen molar-refractivity contribution < 1.29 is 8.78 Å². The quantitative estimate of drug-likeness (QED) is 0.846. The predicted molar refractivity (Wildman–Crippen MR) is 75.3 cm³/mol. The third kappa shape index (κ3) is 2.10. The van der Waals surface area contributed by atoms with Gasteiger partial charge in [-0.05, 0) is 36.8 Å². The Bertz CT molecular complexity index is 520. The van der Waals surface area contributed by atoms with Gasteiger partial charge in [0.2, 0.25) is 0 Å². The van der Waals surface area contributed by atoms with E-state index in [2.05, 4.69) is 0 Å². The first-order valence-corrected chi connectivity index (χ1v) is 7.01. The topological polar surface area (TPSA) is 29.3 Å². The first-order chi connectivity index (χ1) is 9.08. The molecule has 0 aromatic heterocycles. The van der Waals surface area contributed by atoms with Crippen LogP contribution in [0.2, 0.25) is 0 Å². The zero-order valence-electron chi connectivity index (χ0n) is 10.5. The highest BCUT2D eigenvalue weighted by atomic mass is 32.1. The van der Waals surface area contributed by atoms with Gasteiger partial charge in [0, 0.05) is 18.7 Å². The molecule has 19 heavy (non-hydrogen) atoms. The molecule has 3 rings (SSSR count). The molecule has 2 nitrogen and oxygen atoms in total. The van der Waals surface area contributed by atoms with Gasteiger partial charge in [-0.3, -0.25) is 0 Å². The van der Waals surface area contributed by atoms with Crippen LogP contribution in [0.4, 0.5) is 14.5 Å². The Morgan fingerprint density at radius 1 is 1.16 bits per heavy atom. The van der Waals surface area contributed by atoms with Gasteiger partial charge >= 0.3 is 0 Å². The predicted octanol–water partition coefficient (Wildman–Crippen LogP) is 2.84. The number of fused-ring (bicyclic) bond motifs is 1. The van der Waals surface area contributed by atoms with Crippen molar-refractivity contribution in [2.45, 2.75) is 19.3 Å². The van der Waals surface area contributed by atoms with E-state index in [0.717, 1.165) is 13.1 Å². The van der Waals surface area contributed by atoms with Crippen molar-refractivity contribution >= 4 is 22.9 Å². The van der Waals surface area contributed by atoms with E-state index in [-0.39, 0.29) is 10.6 Å². The monoisotopic (exact) mass is 282 g/mol. The molecule has 0 radical (unpaired) electrons. The van der Waals surface area contributed by atoms with Gasteiger partial charge in [-0.15, -0.1) is 0 Å². The zero-order valence-corrected chi connectivity index (χ0v) is 11.4. The zero-order chi connectivity index (χ0) is 13.6. The molecule has 1 saturated carbocycles. The van der Waals surface area contributed by atoms with Crippen LogP contribution in [0.3, 0.4) is 0 Å². The van der Waals surface area contributed by atoms with Gasteiger partial charge in [-0.1, -0.05) is 18.6 Å². The summed E-state index contributed by atoms with van der Waals surface area (Å²) >= 11 is 4.71. The second-order valence-corrected chi connectivity index (χ2v) is 5.92. The maximum Gasteiger partial charge on any atom is 0.182 e. The van der Waals surface area contributed by atoms with E-state index in [4.69, 9.17) is 18.0 Å². The minimum Gasteiger partial charge on any atom is -0.389 e. The summed E-state index contributed by atoms with van der Waals surface area (Å²) in [7, 11) is 0. The van der Waals surface area contributed by atoms with Crippen molar-refractivity contribution in [2.75, 3.05) is 18.0 Å². The third-order valence-electron chi connectivity index (χ3n) is 4.39. The van der Waals surface area contributed by atoms with E-state index in [0.29, 0.717) is 17.5 Å². The Morgan fingerprint density at radius 3 is 2.37 bits per heavy atom. The Balaban J connectivity index is 1.90. The molecule has 1 aliphatic heterocycles. The number of nitrogens with two attached hydrogens (primary N) is 1. The Morgan fingerprint density at radius 2 is 1.79 bits per heavy atom. The first kappa shape index (κ1) is 12.8. The summed E-state index contributed by atoms with van der Waals surface area (Å²) in [5.74, 6) is -0.484. The van der Waals surface area contributed by atoms with Crippen molar-refractivity contribution in [3.63, 3.8) is 0 Å². The fraction of sp³-hybridized carbons (Fsp3) is 0.500. The van der Waals surface area contributed by atoms with E-state index in [1.54, 1.807) is 6.07 Å². The van der Waals surface area contributed by atoms with Gasteiger partial charge in [-0.25, -0.2) is 8.78 Å². The van der Waals surface area contributed by atoms with Crippen molar-refractivity contribution in [1.82, 2.24) is 0 Å². The highest BCUT2D eigenvalue weighted by Gasteiger charge is 2.37. The molecule has 0 spiro atoms. The lowest BCUT2D eigenvalue weighted by Gasteiger charge is -2.21. The average Bonchev–Trinajstić information content (AvgIpc) is 2.92. The SMILES string of the molecule is NC(=S)c1ccc(N2CC3CCCC3C2)c(F)c1F. The summed E-state index contributed by atoms with van der Waals surface area (Å²) in [5.41, 5.74) is 5.69. The Kier molecular flexibility index (Phi) is 3.17. The fourth-order valence-corrected chi connectivity index (χ4v) is 3.56. The number of hydrogen-bond acceptors (Lipinski definition) is 2. The molecule has 1 heterocycles. The van der Waals surface area contributed by atoms with Crippen LogP contribution in [0.25, 0.3) is 0 Å². The van der Waals surface area contributed by atoms with Crippen molar-refractivity contribution in [1.29, 1.82) is 0 Å². The number of halogens is 2. The van der Waals surface area contributed by atoms with Crippen LogP contribution >= 0.6 is 12.2 Å². The normalized spacial score (nSPS) is 25.7. The molecule has 2 fully saturated rings. The molecule has 2 unspecified atom stereocenters. The second-order valence-electron chi connectivity index (χ2n) is 5.48. The fourth-order valence-electron chi connectivity index (χ4n) is 3.41. The minimum absolute atomic E-state index is 0.0179. The van der Waals surface area contributed by atoms with E-state index in [1.165, 1.54) is 25.3 Å². The van der Waals surface area contributed by atoms with Crippen LogP contribution in [-0.4, -0.2) is 18.1 Å². The van der Waals surface area contributed by atoms with Gasteiger partial charge in [0.05, 0.1) is 5.69 Å². The molecule has 2 aliphatic rings. The molecular weight excluding hydrogens is 266 g/mol. The molecule has 1 aromatic carbocycles. The maximum atomic E-state index is 14.1. The number of benzene rings is 1. The molecule has 1 aromatic rings. The van der Waals surface area contributed by atoms with Crippen LogP contribution in [0, 0.1) is 23.5 Å². The highest BCUT2D eigenvalue weighted by Crippen LogP contribution is 2.40. The number of anilines is 1. The lowest BCUT2D eigenvalue weighted by molar-refractivity contribution is 0.494. The molecule has 0 bridgehead atoms. The average molecular weight is 282 g/mol. The van der Waals surface area contributed by atoms with Crippen LogP contribution in [-0.2, 0) is 0 Å². The Hall–Kier alpha value is -1.23. The van der Waals surface area contributed by atoms with Gasteiger partial charge in [-0.2, -0.15) is 0 Å². The summed E-state index contributed by atoms with van der Waals surface area (Å²) in [6.07, 6.45) is 3.67. The third-order valence-corrected chi connectivity index (χ3v) is 4.61. The molecule has 1 saturated heterocycles. The molecule has 0 amide bonds. The standard InChI is InChI=1S/C14H16F2N2S/c15-12-10(14(17)19)4-5-11(13(12)16)18-6-8-2-1-3-9(8)7-18/h4-5,8-9H,1-3,6-7H2,(H2,17,19). The minimum atomic E-state index is -0.929. The lowest BCUT2D eigenvalue weighted by Crippen LogP contribution is -2.23. The lowest BCUT2D eigenvalue weighted by atomic mass is 10.0. The smallest absolute Gasteiger partial charge is 0.182 e. The van der Waals surface area contributed by atoms with Gasteiger partial charge < -0.3 is 10.6 Å². The largest absolute Gasteiger partial charge is 0.389 e. The summed E-state index contributed by atoms with van der Waals surface area (Å²) in [5, 5.41) is 0. The summed E-state index contributed by atoms with van der Waals surface area (Å²) in [6.45, 7) is 1.65. The van der Waals surface area contributed by atoms with Gasteiger partial charge in [0.25, 0.3) is 0 Å². The van der Waals surface area contributed by atoms with E-state index >= 15 is 0 Å². The summed E-state index contributed by atoms with van der Waals surface area (Å²) < 4.78 is 28.0. The number of nitrogens with zero attached hydrogens (tertiary/aromatic N) is 1. The van der Waals surface area contributed by atoms with Gasteiger partial charge in [0.15, 0.2) is 11.6 Å². The highest BCUT2D eigenvalue weighted by molar-refractivity contribution is 7.80. The van der Waals surface area contributed by atoms with Crippen LogP contribution in [0.5, 0.6) is 0 Å². The molecule has 102 valence electrons. The number of rotatable bonds is 2. The van der Waals surface area contributed by atoms with Crippen molar-refractivity contribution in [3.05, 3.63) is 29.3 Å². The maximum absolute atomic E-state index is 14.1. The number of thiocarbonyl (C=S) groups is 1.